The number of carbonyl (C=O) groups is 1. The smallest absolute Gasteiger partial charge is 0.323 e. The van der Waals surface area contributed by atoms with Crippen LogP contribution in [0, 0.1) is 22.7 Å². The van der Waals surface area contributed by atoms with E-state index in [2.05, 4.69) is 0 Å². The van der Waals surface area contributed by atoms with Crippen molar-refractivity contribution in [2.24, 2.45) is 0 Å². The van der Waals surface area contributed by atoms with Crippen molar-refractivity contribution >= 4 is 17.3 Å². The predicted octanol–water partition coefficient (Wildman–Crippen LogP) is 2.65. The summed E-state index contributed by atoms with van der Waals surface area (Å²) in [6.45, 7) is -0.211. The van der Waals surface area contributed by atoms with E-state index < -0.39 is 5.97 Å². The Balaban J connectivity index is 0.00000242. The summed E-state index contributed by atoms with van der Waals surface area (Å²) in [5.74, 6) is -0.969. The van der Waals surface area contributed by atoms with Gasteiger partial charge in [0, 0.05) is 30.9 Å². The van der Waals surface area contributed by atoms with Gasteiger partial charge in [-0.15, -0.1) is 0 Å². The topological polar surface area (TPSA) is 88.1 Å². The molecule has 6 heteroatoms. The van der Waals surface area contributed by atoms with Gasteiger partial charge in [-0.2, -0.15) is 10.5 Å². The van der Waals surface area contributed by atoms with Gasteiger partial charge >= 0.3 is 5.97 Å². The number of carboxylic acids is 1. The van der Waals surface area contributed by atoms with E-state index in [0.717, 1.165) is 0 Å². The number of rotatable bonds is 4. The van der Waals surface area contributed by atoms with E-state index in [1.807, 2.05) is 12.1 Å². The summed E-state index contributed by atoms with van der Waals surface area (Å²) in [5.41, 5.74) is 2.35. The molecule has 0 unspecified atom stereocenters. The minimum absolute atomic E-state index is 0. The molecule has 0 bridgehead atoms. The van der Waals surface area contributed by atoms with Gasteiger partial charge in [-0.1, -0.05) is 0 Å². The first kappa shape index (κ1) is 17.4. The SMILES string of the molecule is N#Cc1ccc(N(CC(=O)O)c2ccc(C#N)cc2)cc1.[Zn]. The Labute approximate surface area is 140 Å². The van der Waals surface area contributed by atoms with Crippen molar-refractivity contribution in [1.82, 2.24) is 0 Å². The number of aliphatic carboxylic acids is 1. The van der Waals surface area contributed by atoms with Gasteiger partial charge in [0.1, 0.15) is 6.54 Å². The molecule has 0 heterocycles. The average Bonchev–Trinajstić information content (AvgIpc) is 2.53. The number of benzene rings is 2. The van der Waals surface area contributed by atoms with Crippen molar-refractivity contribution in [2.45, 2.75) is 0 Å². The maximum atomic E-state index is 11.1. The Kier molecular flexibility index (Phi) is 6.26. The average molecular weight is 343 g/mol. The van der Waals surface area contributed by atoms with Crippen LogP contribution in [0.4, 0.5) is 11.4 Å². The minimum atomic E-state index is -0.969. The third-order valence-corrected chi connectivity index (χ3v) is 2.91. The van der Waals surface area contributed by atoms with E-state index in [4.69, 9.17) is 15.6 Å². The van der Waals surface area contributed by atoms with Crippen molar-refractivity contribution in [1.29, 1.82) is 10.5 Å². The van der Waals surface area contributed by atoms with Crippen LogP contribution < -0.4 is 4.90 Å². The summed E-state index contributed by atoms with van der Waals surface area (Å²) < 4.78 is 0. The molecule has 0 fully saturated rings. The molecular weight excluding hydrogens is 332 g/mol. The van der Waals surface area contributed by atoms with Crippen LogP contribution >= 0.6 is 0 Å². The molecule has 0 spiro atoms. The zero-order valence-electron chi connectivity index (χ0n) is 11.7. The summed E-state index contributed by atoms with van der Waals surface area (Å²) in [5, 5.41) is 26.7. The Morgan fingerprint density at radius 3 is 1.55 bits per heavy atom. The molecule has 0 aliphatic heterocycles. The van der Waals surface area contributed by atoms with Gasteiger partial charge in [0.2, 0.25) is 0 Å². The zero-order chi connectivity index (χ0) is 15.2. The molecule has 0 aliphatic rings. The predicted molar refractivity (Wildman–Crippen MR) is 77.0 cm³/mol. The van der Waals surface area contributed by atoms with Crippen LogP contribution in [0.1, 0.15) is 11.1 Å². The van der Waals surface area contributed by atoms with Crippen LogP contribution in [0.25, 0.3) is 0 Å². The minimum Gasteiger partial charge on any atom is -0.480 e. The molecule has 5 nitrogen and oxygen atoms in total. The van der Waals surface area contributed by atoms with Crippen LogP contribution in [-0.2, 0) is 24.3 Å². The molecule has 0 aromatic heterocycles. The van der Waals surface area contributed by atoms with Gasteiger partial charge in [-0.05, 0) is 48.5 Å². The Morgan fingerprint density at radius 2 is 1.27 bits per heavy atom. The molecule has 0 amide bonds. The fraction of sp³-hybridized carbons (Fsp3) is 0.0625. The van der Waals surface area contributed by atoms with Crippen molar-refractivity contribution in [3.05, 3.63) is 59.7 Å². The van der Waals surface area contributed by atoms with E-state index in [0.29, 0.717) is 22.5 Å². The van der Waals surface area contributed by atoms with E-state index in [9.17, 15) is 4.79 Å². The number of hydrogen-bond acceptors (Lipinski definition) is 4. The second-order valence-corrected chi connectivity index (χ2v) is 4.30. The normalized spacial score (nSPS) is 9.00. The van der Waals surface area contributed by atoms with Crippen molar-refractivity contribution in [3.63, 3.8) is 0 Å². The first-order chi connectivity index (χ1) is 10.1. The quantitative estimate of drug-likeness (QED) is 0.863. The maximum Gasteiger partial charge on any atom is 0.323 e. The third kappa shape index (κ3) is 4.15. The van der Waals surface area contributed by atoms with Crippen LogP contribution in [0.3, 0.4) is 0 Å². The number of nitrogens with zero attached hydrogens (tertiary/aromatic N) is 3. The number of anilines is 2. The van der Waals surface area contributed by atoms with Gasteiger partial charge in [0.05, 0.1) is 23.3 Å². The molecule has 1 N–H and O–H groups in total. The standard InChI is InChI=1S/C16H11N3O2.Zn/c17-9-12-1-5-14(6-2-12)19(11-16(20)21)15-7-3-13(10-18)4-8-15;/h1-8H,11H2,(H,20,21);. The molecule has 2 aromatic rings. The van der Waals surface area contributed by atoms with Crippen LogP contribution in [-0.4, -0.2) is 17.6 Å². The molecule has 22 heavy (non-hydrogen) atoms. The zero-order valence-corrected chi connectivity index (χ0v) is 14.7. The van der Waals surface area contributed by atoms with E-state index in [1.165, 1.54) is 0 Å². The summed E-state index contributed by atoms with van der Waals surface area (Å²) in [7, 11) is 0. The summed E-state index contributed by atoms with van der Waals surface area (Å²) in [6.07, 6.45) is 0. The Bertz CT molecular complexity index is 670. The van der Waals surface area contributed by atoms with E-state index in [-0.39, 0.29) is 26.0 Å². The first-order valence-electron chi connectivity index (χ1n) is 6.13. The molecule has 0 saturated heterocycles. The summed E-state index contributed by atoms with van der Waals surface area (Å²) in [6, 6.07) is 17.3. The monoisotopic (exact) mass is 341 g/mol. The van der Waals surface area contributed by atoms with Crippen molar-refractivity contribution in [3.8, 4) is 12.1 Å². The number of hydrogen-bond donors (Lipinski definition) is 1. The second kappa shape index (κ2) is 7.93. The van der Waals surface area contributed by atoms with E-state index in [1.54, 1.807) is 53.4 Å². The van der Waals surface area contributed by atoms with Crippen molar-refractivity contribution in [2.75, 3.05) is 11.4 Å². The number of nitriles is 2. The van der Waals surface area contributed by atoms with Crippen LogP contribution in [0.15, 0.2) is 48.5 Å². The Morgan fingerprint density at radius 1 is 0.909 bits per heavy atom. The van der Waals surface area contributed by atoms with Gasteiger partial charge < -0.3 is 10.0 Å². The molecule has 2 rings (SSSR count). The van der Waals surface area contributed by atoms with Gasteiger partial charge in [0.25, 0.3) is 0 Å². The largest absolute Gasteiger partial charge is 0.480 e. The van der Waals surface area contributed by atoms with Gasteiger partial charge in [-0.3, -0.25) is 4.79 Å². The van der Waals surface area contributed by atoms with E-state index >= 15 is 0 Å². The molecule has 0 aliphatic carbocycles. The van der Waals surface area contributed by atoms with Crippen LogP contribution in [0.5, 0.6) is 0 Å². The molecule has 0 atom stereocenters. The molecule has 104 valence electrons. The number of carboxylic acid groups (broad SMARTS) is 1. The van der Waals surface area contributed by atoms with Gasteiger partial charge in [-0.25, -0.2) is 0 Å². The summed E-state index contributed by atoms with van der Waals surface area (Å²) in [4.78, 5) is 12.7. The third-order valence-electron chi connectivity index (χ3n) is 2.91. The molecule has 0 radical (unpaired) electrons. The van der Waals surface area contributed by atoms with Crippen LogP contribution in [0.2, 0.25) is 0 Å². The second-order valence-electron chi connectivity index (χ2n) is 4.30. The summed E-state index contributed by atoms with van der Waals surface area (Å²) >= 11 is 0. The molecule has 0 saturated carbocycles. The van der Waals surface area contributed by atoms with Crippen molar-refractivity contribution < 1.29 is 29.4 Å². The first-order valence-corrected chi connectivity index (χ1v) is 6.13. The molecule has 2 aromatic carbocycles. The fourth-order valence-corrected chi connectivity index (χ4v) is 1.90. The fourth-order valence-electron chi connectivity index (χ4n) is 1.90. The molecular formula is C16H11N3O2Zn. The maximum absolute atomic E-state index is 11.1. The van der Waals surface area contributed by atoms with Gasteiger partial charge in [0.15, 0.2) is 0 Å². The Hall–Kier alpha value is -2.69.